The van der Waals surface area contributed by atoms with Gasteiger partial charge in [-0.3, -0.25) is 10.0 Å². The molecule has 4 rings (SSSR count). The molecule has 2 atom stereocenters. The fourth-order valence-electron chi connectivity index (χ4n) is 3.45. The van der Waals surface area contributed by atoms with Gasteiger partial charge in [0.05, 0.1) is 5.36 Å². The van der Waals surface area contributed by atoms with E-state index in [9.17, 15) is 0 Å². The Morgan fingerprint density at radius 3 is 2.55 bits per heavy atom. The predicted octanol–water partition coefficient (Wildman–Crippen LogP) is 2.46. The number of rotatable bonds is 2. The molecule has 0 saturated carbocycles. The van der Waals surface area contributed by atoms with E-state index in [1.807, 2.05) is 0 Å². The second-order valence-corrected chi connectivity index (χ2v) is 6.14. The number of para-hydroxylation sites is 1. The van der Waals surface area contributed by atoms with E-state index in [2.05, 4.69) is 77.7 Å². The van der Waals surface area contributed by atoms with E-state index >= 15 is 0 Å². The normalized spacial score (nSPS) is 24.5. The van der Waals surface area contributed by atoms with Crippen LogP contribution in [0.5, 0.6) is 0 Å². The lowest BCUT2D eigenvalue weighted by Gasteiger charge is -2.39. The Balaban J connectivity index is 1.84. The lowest BCUT2D eigenvalue weighted by Crippen LogP contribution is -2.48. The summed E-state index contributed by atoms with van der Waals surface area (Å²) in [5, 5.41) is 7.10. The molecule has 112 valence electrons. The topological polar surface area (TPSA) is 18.8 Å². The molecule has 0 aliphatic carbocycles. The molecule has 3 heteroatoms. The Labute approximate surface area is 131 Å². The van der Waals surface area contributed by atoms with E-state index in [-0.39, 0.29) is 6.17 Å². The van der Waals surface area contributed by atoms with Gasteiger partial charge in [0, 0.05) is 24.0 Å². The zero-order chi connectivity index (χ0) is 14.9. The maximum Gasteiger partial charge on any atom is 0.161 e. The van der Waals surface area contributed by atoms with Crippen LogP contribution in [0.2, 0.25) is 0 Å². The quantitative estimate of drug-likeness (QED) is 0.846. The van der Waals surface area contributed by atoms with Crippen LogP contribution in [-0.2, 0) is 0 Å². The van der Waals surface area contributed by atoms with E-state index in [4.69, 9.17) is 4.99 Å². The maximum atomic E-state index is 5.03. The maximum absolute atomic E-state index is 5.03. The minimum Gasteiger partial charge on any atom is -0.284 e. The van der Waals surface area contributed by atoms with Crippen molar-refractivity contribution >= 4 is 6.20 Å². The zero-order valence-electron chi connectivity index (χ0n) is 12.9. The third-order valence-corrected chi connectivity index (χ3v) is 4.63. The Kier molecular flexibility index (Phi) is 3.43. The summed E-state index contributed by atoms with van der Waals surface area (Å²) in [4.78, 5) is 5.03. The van der Waals surface area contributed by atoms with Gasteiger partial charge in [-0.05, 0) is 31.4 Å². The van der Waals surface area contributed by atoms with E-state index in [0.29, 0.717) is 6.04 Å². The van der Waals surface area contributed by atoms with Gasteiger partial charge >= 0.3 is 0 Å². The molecule has 1 saturated heterocycles. The number of hydrogen-bond donors (Lipinski definition) is 0. The molecule has 1 fully saturated rings. The van der Waals surface area contributed by atoms with Crippen molar-refractivity contribution in [2.75, 3.05) is 6.54 Å². The van der Waals surface area contributed by atoms with Crippen LogP contribution in [0.1, 0.15) is 31.5 Å². The van der Waals surface area contributed by atoms with Crippen molar-refractivity contribution in [3.8, 4) is 0 Å². The molecule has 2 aliphatic heterocycles. The van der Waals surface area contributed by atoms with Gasteiger partial charge < -0.3 is 0 Å². The Hall–Kier alpha value is -2.13. The average Bonchev–Trinajstić information content (AvgIpc) is 3.00. The highest BCUT2D eigenvalue weighted by atomic mass is 15.7. The van der Waals surface area contributed by atoms with Crippen LogP contribution in [0.15, 0.2) is 59.6 Å². The van der Waals surface area contributed by atoms with Gasteiger partial charge in [0.15, 0.2) is 6.17 Å². The van der Waals surface area contributed by atoms with Gasteiger partial charge in [-0.15, -0.1) is 0 Å². The SMILES string of the molecule is CC1CCCN1N1C=c2ccccc2=NC1c1ccccc1. The van der Waals surface area contributed by atoms with Crippen LogP contribution in [0.3, 0.4) is 0 Å². The van der Waals surface area contributed by atoms with Crippen LogP contribution in [0, 0.1) is 0 Å². The van der Waals surface area contributed by atoms with Crippen molar-refractivity contribution in [1.82, 2.24) is 10.0 Å². The molecular formula is C19H21N3. The zero-order valence-corrected chi connectivity index (χ0v) is 12.9. The van der Waals surface area contributed by atoms with Gasteiger partial charge in [-0.1, -0.05) is 48.5 Å². The third kappa shape index (κ3) is 2.32. The summed E-state index contributed by atoms with van der Waals surface area (Å²) < 4.78 is 0. The number of fused-ring (bicyclic) bond motifs is 1. The highest BCUT2D eigenvalue weighted by molar-refractivity contribution is 5.30. The van der Waals surface area contributed by atoms with E-state index < -0.39 is 0 Å². The van der Waals surface area contributed by atoms with Crippen molar-refractivity contribution in [1.29, 1.82) is 0 Å². The molecule has 22 heavy (non-hydrogen) atoms. The molecule has 2 aromatic rings. The lowest BCUT2D eigenvalue weighted by atomic mass is 10.1. The van der Waals surface area contributed by atoms with Crippen LogP contribution in [0.4, 0.5) is 0 Å². The molecular weight excluding hydrogens is 270 g/mol. The van der Waals surface area contributed by atoms with Gasteiger partial charge in [0.2, 0.25) is 0 Å². The first-order chi connectivity index (χ1) is 10.8. The summed E-state index contributed by atoms with van der Waals surface area (Å²) in [6, 6.07) is 19.6. The van der Waals surface area contributed by atoms with E-state index in [0.717, 1.165) is 11.9 Å². The Morgan fingerprint density at radius 1 is 1.00 bits per heavy atom. The molecule has 2 unspecified atom stereocenters. The summed E-state index contributed by atoms with van der Waals surface area (Å²) in [5.41, 5.74) is 1.24. The highest BCUT2D eigenvalue weighted by Gasteiger charge is 2.30. The molecule has 0 bridgehead atoms. The molecule has 0 N–H and O–H groups in total. The summed E-state index contributed by atoms with van der Waals surface area (Å²) >= 11 is 0. The van der Waals surface area contributed by atoms with Gasteiger partial charge in [0.25, 0.3) is 0 Å². The molecule has 2 aliphatic rings. The number of nitrogens with zero attached hydrogens (tertiary/aromatic N) is 3. The molecule has 2 heterocycles. The monoisotopic (exact) mass is 291 g/mol. The minimum absolute atomic E-state index is 0.0386. The molecule has 3 nitrogen and oxygen atoms in total. The molecule has 0 spiro atoms. The first kappa shape index (κ1) is 13.5. The first-order valence-electron chi connectivity index (χ1n) is 8.07. The molecule has 0 amide bonds. The molecule has 2 aromatic carbocycles. The van der Waals surface area contributed by atoms with Crippen molar-refractivity contribution in [3.05, 3.63) is 70.7 Å². The van der Waals surface area contributed by atoms with Crippen molar-refractivity contribution < 1.29 is 0 Å². The average molecular weight is 291 g/mol. The summed E-state index contributed by atoms with van der Waals surface area (Å²) in [5.74, 6) is 0. The number of hydrogen-bond acceptors (Lipinski definition) is 3. The fourth-order valence-corrected chi connectivity index (χ4v) is 3.45. The first-order valence-corrected chi connectivity index (χ1v) is 8.07. The van der Waals surface area contributed by atoms with Crippen molar-refractivity contribution in [2.45, 2.75) is 32.0 Å². The van der Waals surface area contributed by atoms with Crippen LogP contribution in [-0.4, -0.2) is 22.6 Å². The van der Waals surface area contributed by atoms with Crippen LogP contribution >= 0.6 is 0 Å². The Bertz CT molecular complexity index is 769. The summed E-state index contributed by atoms with van der Waals surface area (Å²) in [7, 11) is 0. The number of hydrazine groups is 1. The van der Waals surface area contributed by atoms with Crippen LogP contribution in [0.25, 0.3) is 6.20 Å². The second-order valence-electron chi connectivity index (χ2n) is 6.14. The third-order valence-electron chi connectivity index (χ3n) is 4.63. The molecule has 0 aromatic heterocycles. The minimum atomic E-state index is 0.0386. The molecule has 0 radical (unpaired) electrons. The number of benzene rings is 2. The lowest BCUT2D eigenvalue weighted by molar-refractivity contribution is -0.00592. The van der Waals surface area contributed by atoms with E-state index in [1.54, 1.807) is 0 Å². The summed E-state index contributed by atoms with van der Waals surface area (Å²) in [6.07, 6.45) is 4.82. The van der Waals surface area contributed by atoms with E-state index in [1.165, 1.54) is 23.6 Å². The van der Waals surface area contributed by atoms with Crippen LogP contribution < -0.4 is 10.6 Å². The van der Waals surface area contributed by atoms with Gasteiger partial charge in [-0.2, -0.15) is 0 Å². The predicted molar refractivity (Wildman–Crippen MR) is 88.1 cm³/mol. The largest absolute Gasteiger partial charge is 0.284 e. The van der Waals surface area contributed by atoms with Crippen molar-refractivity contribution in [2.24, 2.45) is 4.99 Å². The highest BCUT2D eigenvalue weighted by Crippen LogP contribution is 2.30. The second kappa shape index (κ2) is 5.58. The van der Waals surface area contributed by atoms with Crippen molar-refractivity contribution in [3.63, 3.8) is 0 Å². The van der Waals surface area contributed by atoms with Gasteiger partial charge in [-0.25, -0.2) is 5.01 Å². The Morgan fingerprint density at radius 2 is 1.77 bits per heavy atom. The van der Waals surface area contributed by atoms with Gasteiger partial charge in [0.1, 0.15) is 0 Å². The smallest absolute Gasteiger partial charge is 0.161 e. The summed E-state index contributed by atoms with van der Waals surface area (Å²) in [6.45, 7) is 3.42. The standard InChI is InChI=1S/C19H21N3/c1-15-8-7-13-21(15)22-14-17-11-5-6-12-18(17)20-19(22)16-9-3-2-4-10-16/h2-6,9-12,14-15,19H,7-8,13H2,1H3. The fraction of sp³-hybridized carbons (Fsp3) is 0.316.